The summed E-state index contributed by atoms with van der Waals surface area (Å²) in [6.45, 7) is 4.16. The number of rotatable bonds is 34. The molecular formula is C42H73NO8P+. The maximum Gasteiger partial charge on any atom is 0.472 e. The zero-order chi connectivity index (χ0) is 38.6. The molecule has 0 rings (SSSR count). The predicted octanol–water partition coefficient (Wildman–Crippen LogP) is 10.7. The van der Waals surface area contributed by atoms with Crippen molar-refractivity contribution in [1.29, 1.82) is 0 Å². The lowest BCUT2D eigenvalue weighted by Crippen LogP contribution is -2.37. The van der Waals surface area contributed by atoms with Crippen molar-refractivity contribution in [2.24, 2.45) is 0 Å². The summed E-state index contributed by atoms with van der Waals surface area (Å²) in [7, 11) is 1.42. The second kappa shape index (κ2) is 34.2. The summed E-state index contributed by atoms with van der Waals surface area (Å²) in [5.74, 6) is -0.907. The van der Waals surface area contributed by atoms with Gasteiger partial charge in [0.2, 0.25) is 0 Å². The first-order valence-corrected chi connectivity index (χ1v) is 21.2. The molecule has 1 unspecified atom stereocenters. The fourth-order valence-corrected chi connectivity index (χ4v) is 5.43. The van der Waals surface area contributed by atoms with E-state index in [1.54, 1.807) is 0 Å². The van der Waals surface area contributed by atoms with E-state index < -0.39 is 32.5 Å². The van der Waals surface area contributed by atoms with Gasteiger partial charge < -0.3 is 18.9 Å². The Morgan fingerprint density at radius 1 is 0.615 bits per heavy atom. The number of ether oxygens (including phenoxy) is 2. The van der Waals surface area contributed by atoms with Crippen molar-refractivity contribution in [2.75, 3.05) is 47.5 Å². The topological polar surface area (TPSA) is 108 Å². The van der Waals surface area contributed by atoms with Gasteiger partial charge in [0.15, 0.2) is 6.10 Å². The van der Waals surface area contributed by atoms with Crippen molar-refractivity contribution >= 4 is 19.8 Å². The van der Waals surface area contributed by atoms with Crippen LogP contribution in [0, 0.1) is 0 Å². The van der Waals surface area contributed by atoms with Gasteiger partial charge >= 0.3 is 19.8 Å². The van der Waals surface area contributed by atoms with Gasteiger partial charge in [-0.1, -0.05) is 138 Å². The Labute approximate surface area is 317 Å². The second-order valence-electron chi connectivity index (χ2n) is 13.9. The number of phosphoric acid groups is 1. The summed E-state index contributed by atoms with van der Waals surface area (Å²) >= 11 is 0. The van der Waals surface area contributed by atoms with Crippen molar-refractivity contribution in [3.63, 3.8) is 0 Å². The SMILES string of the molecule is CC/C=C\C/C=C\C/C=C\C/C=C\C/C=C\C/C=C\CCC(=O)O[C@H](COC(=O)CCCCCCCCCCC)COP(=O)(O)OCC[N+](C)(C)C. The summed E-state index contributed by atoms with van der Waals surface area (Å²) in [6.07, 6.45) is 41.2. The van der Waals surface area contributed by atoms with E-state index in [1.807, 2.05) is 33.3 Å². The monoisotopic (exact) mass is 751 g/mol. The lowest BCUT2D eigenvalue weighted by molar-refractivity contribution is -0.870. The number of carbonyl (C=O) groups is 2. The van der Waals surface area contributed by atoms with Gasteiger partial charge in [-0.25, -0.2) is 4.57 Å². The van der Waals surface area contributed by atoms with Crippen LogP contribution in [-0.2, 0) is 32.7 Å². The van der Waals surface area contributed by atoms with Gasteiger partial charge in [-0.2, -0.15) is 0 Å². The van der Waals surface area contributed by atoms with E-state index in [4.69, 9.17) is 18.5 Å². The first-order valence-electron chi connectivity index (χ1n) is 19.7. The molecule has 9 nitrogen and oxygen atoms in total. The number of allylic oxidation sites excluding steroid dienone is 12. The summed E-state index contributed by atoms with van der Waals surface area (Å²) in [5, 5.41) is 0. The Balaban J connectivity index is 4.55. The van der Waals surface area contributed by atoms with Gasteiger partial charge in [0.1, 0.15) is 19.8 Å². The summed E-state index contributed by atoms with van der Waals surface area (Å²) in [4.78, 5) is 35.1. The molecule has 0 aromatic rings. The molecule has 0 saturated heterocycles. The Kier molecular flexibility index (Phi) is 32.6. The maximum atomic E-state index is 12.6. The van der Waals surface area contributed by atoms with Crippen molar-refractivity contribution in [2.45, 2.75) is 136 Å². The minimum atomic E-state index is -4.39. The largest absolute Gasteiger partial charge is 0.472 e. The van der Waals surface area contributed by atoms with Gasteiger partial charge in [0, 0.05) is 12.8 Å². The standard InChI is InChI=1S/C42H72NO8P/c1-6-8-10-12-14-16-17-18-19-20-21-22-23-24-25-27-29-31-33-35-42(45)51-40(39-50-52(46,47)49-37-36-43(3,4)5)38-48-41(44)34-32-30-28-26-15-13-11-9-7-2/h8,10,14,16,18-19,21-22,24-25,29,31,40H,6-7,9,11-13,15,17,20,23,26-28,30,32-39H2,1-5H3/p+1/b10-8-,16-14-,19-18-,22-21-,25-24-,31-29-/t40-/m1/s1. The number of nitrogens with zero attached hydrogens (tertiary/aromatic N) is 1. The minimum absolute atomic E-state index is 0.0153. The molecule has 0 aromatic heterocycles. The quantitative estimate of drug-likeness (QED) is 0.0228. The van der Waals surface area contributed by atoms with E-state index in [-0.39, 0.29) is 26.1 Å². The second-order valence-corrected chi connectivity index (χ2v) is 15.4. The van der Waals surface area contributed by atoms with Gasteiger partial charge in [-0.15, -0.1) is 0 Å². The molecule has 0 aliphatic carbocycles. The fourth-order valence-electron chi connectivity index (χ4n) is 4.68. The number of esters is 2. The van der Waals surface area contributed by atoms with E-state index in [1.165, 1.54) is 38.5 Å². The molecule has 0 spiro atoms. The molecule has 0 heterocycles. The third-order valence-electron chi connectivity index (χ3n) is 7.76. The van der Waals surface area contributed by atoms with Crippen LogP contribution in [0.1, 0.15) is 129 Å². The number of hydrogen-bond donors (Lipinski definition) is 1. The molecule has 0 aliphatic rings. The number of carbonyl (C=O) groups excluding carboxylic acids is 2. The van der Waals surface area contributed by atoms with E-state index >= 15 is 0 Å². The molecule has 2 atom stereocenters. The van der Waals surface area contributed by atoms with Crippen molar-refractivity contribution in [3.8, 4) is 0 Å². The molecule has 0 saturated carbocycles. The van der Waals surface area contributed by atoms with E-state index in [0.717, 1.165) is 57.8 Å². The highest BCUT2D eigenvalue weighted by Crippen LogP contribution is 2.43. The predicted molar refractivity (Wildman–Crippen MR) is 215 cm³/mol. The van der Waals surface area contributed by atoms with Crippen molar-refractivity contribution in [1.82, 2.24) is 0 Å². The molecule has 0 bridgehead atoms. The van der Waals surface area contributed by atoms with Crippen LogP contribution in [0.15, 0.2) is 72.9 Å². The van der Waals surface area contributed by atoms with E-state index in [2.05, 4.69) is 74.6 Å². The summed E-state index contributed by atoms with van der Waals surface area (Å²) < 4.78 is 34.0. The minimum Gasteiger partial charge on any atom is -0.462 e. The molecule has 0 aliphatic heterocycles. The first-order chi connectivity index (χ1) is 25.0. The number of hydrogen-bond acceptors (Lipinski definition) is 7. The Morgan fingerprint density at radius 2 is 1.10 bits per heavy atom. The normalized spacial score (nSPS) is 14.5. The number of quaternary nitrogens is 1. The molecule has 52 heavy (non-hydrogen) atoms. The average Bonchev–Trinajstić information content (AvgIpc) is 3.09. The Bertz CT molecular complexity index is 1120. The van der Waals surface area contributed by atoms with Crippen LogP contribution in [0.4, 0.5) is 0 Å². The Morgan fingerprint density at radius 3 is 1.60 bits per heavy atom. The van der Waals surface area contributed by atoms with Crippen LogP contribution < -0.4 is 0 Å². The number of unbranched alkanes of at least 4 members (excludes halogenated alkanes) is 8. The molecule has 298 valence electrons. The third kappa shape index (κ3) is 37.2. The highest BCUT2D eigenvalue weighted by atomic mass is 31.2. The molecule has 0 amide bonds. The highest BCUT2D eigenvalue weighted by molar-refractivity contribution is 7.47. The lowest BCUT2D eigenvalue weighted by atomic mass is 10.1. The van der Waals surface area contributed by atoms with Gasteiger partial charge in [0.05, 0.1) is 27.7 Å². The molecular weight excluding hydrogens is 677 g/mol. The zero-order valence-electron chi connectivity index (χ0n) is 33.3. The van der Waals surface area contributed by atoms with Crippen molar-refractivity contribution in [3.05, 3.63) is 72.9 Å². The Hall–Kier alpha value is -2.55. The van der Waals surface area contributed by atoms with Gasteiger partial charge in [0.25, 0.3) is 0 Å². The highest BCUT2D eigenvalue weighted by Gasteiger charge is 2.27. The van der Waals surface area contributed by atoms with Crippen LogP contribution in [0.5, 0.6) is 0 Å². The molecule has 10 heteroatoms. The summed E-state index contributed by atoms with van der Waals surface area (Å²) in [6, 6.07) is 0. The number of likely N-dealkylation sites (N-methyl/N-ethyl adjacent to an activating group) is 1. The summed E-state index contributed by atoms with van der Waals surface area (Å²) in [5.41, 5.74) is 0. The van der Waals surface area contributed by atoms with E-state index in [9.17, 15) is 19.0 Å². The number of phosphoric ester groups is 1. The average molecular weight is 751 g/mol. The molecule has 0 fully saturated rings. The first kappa shape index (κ1) is 49.5. The van der Waals surface area contributed by atoms with Gasteiger partial charge in [-0.05, 0) is 51.4 Å². The molecule has 0 radical (unpaired) electrons. The zero-order valence-corrected chi connectivity index (χ0v) is 34.2. The third-order valence-corrected chi connectivity index (χ3v) is 8.75. The molecule has 1 N–H and O–H groups in total. The maximum absolute atomic E-state index is 12.6. The molecule has 0 aromatic carbocycles. The fraction of sp³-hybridized carbons (Fsp3) is 0.667. The van der Waals surface area contributed by atoms with Crippen LogP contribution >= 0.6 is 7.82 Å². The van der Waals surface area contributed by atoms with Crippen LogP contribution in [0.2, 0.25) is 0 Å². The van der Waals surface area contributed by atoms with E-state index in [0.29, 0.717) is 17.4 Å². The smallest absolute Gasteiger partial charge is 0.462 e. The van der Waals surface area contributed by atoms with Crippen LogP contribution in [-0.4, -0.2) is 74.9 Å². The van der Waals surface area contributed by atoms with Crippen LogP contribution in [0.25, 0.3) is 0 Å². The van der Waals surface area contributed by atoms with Crippen molar-refractivity contribution < 1.29 is 42.1 Å². The lowest BCUT2D eigenvalue weighted by Gasteiger charge is -2.24. The van der Waals surface area contributed by atoms with Gasteiger partial charge in [-0.3, -0.25) is 18.6 Å². The van der Waals surface area contributed by atoms with Crippen LogP contribution in [0.3, 0.4) is 0 Å².